The van der Waals surface area contributed by atoms with Gasteiger partial charge in [0.15, 0.2) is 12.1 Å². The highest BCUT2D eigenvalue weighted by atomic mass is 79.9. The van der Waals surface area contributed by atoms with E-state index in [1.165, 1.54) is 0 Å². The van der Waals surface area contributed by atoms with Crippen LogP contribution in [-0.4, -0.2) is 16.9 Å². The Morgan fingerprint density at radius 3 is 2.67 bits per heavy atom. The fourth-order valence-electron chi connectivity index (χ4n) is 1.35. The van der Waals surface area contributed by atoms with Gasteiger partial charge in [-0.25, -0.2) is 0 Å². The van der Waals surface area contributed by atoms with Crippen LogP contribution in [0.4, 0.5) is 0 Å². The third-order valence-corrected chi connectivity index (χ3v) is 2.70. The molecule has 0 fully saturated rings. The Bertz CT molecular complexity index is 383. The SMILES string of the molecule is CCc1ccc(C=O)c(C(=O)C(C)Br)c1. The number of carbonyl (C=O) groups is 2. The molecule has 15 heavy (non-hydrogen) atoms. The van der Waals surface area contributed by atoms with Crippen molar-refractivity contribution in [2.75, 3.05) is 0 Å². The second-order valence-corrected chi connectivity index (χ2v) is 4.75. The first-order chi connectivity index (χ1) is 7.10. The van der Waals surface area contributed by atoms with Crippen LogP contribution in [0.1, 0.15) is 40.1 Å². The second kappa shape index (κ2) is 5.21. The maximum Gasteiger partial charge on any atom is 0.176 e. The number of ketones is 1. The molecule has 80 valence electrons. The fraction of sp³-hybridized carbons (Fsp3) is 0.333. The lowest BCUT2D eigenvalue weighted by atomic mass is 9.99. The Morgan fingerprint density at radius 2 is 2.20 bits per heavy atom. The molecule has 0 spiro atoms. The molecule has 1 aromatic rings. The van der Waals surface area contributed by atoms with Crippen molar-refractivity contribution >= 4 is 28.0 Å². The molecular weight excluding hydrogens is 256 g/mol. The van der Waals surface area contributed by atoms with Crippen molar-refractivity contribution in [1.82, 2.24) is 0 Å². The molecule has 0 aromatic heterocycles. The van der Waals surface area contributed by atoms with Gasteiger partial charge in [-0.1, -0.05) is 35.0 Å². The van der Waals surface area contributed by atoms with E-state index in [1.807, 2.05) is 13.0 Å². The normalized spacial score (nSPS) is 12.2. The van der Waals surface area contributed by atoms with E-state index in [9.17, 15) is 9.59 Å². The number of aldehydes is 1. The standard InChI is InChI=1S/C12H13BrO2/c1-3-9-4-5-10(7-14)11(6-9)12(15)8(2)13/h4-8H,3H2,1-2H3. The van der Waals surface area contributed by atoms with Gasteiger partial charge >= 0.3 is 0 Å². The average Bonchev–Trinajstić information content (AvgIpc) is 2.27. The van der Waals surface area contributed by atoms with Gasteiger partial charge in [0.2, 0.25) is 0 Å². The van der Waals surface area contributed by atoms with Crippen LogP contribution in [0, 0.1) is 0 Å². The van der Waals surface area contributed by atoms with E-state index in [-0.39, 0.29) is 10.6 Å². The third-order valence-electron chi connectivity index (χ3n) is 2.28. The molecule has 0 aliphatic heterocycles. The third kappa shape index (κ3) is 2.75. The summed E-state index contributed by atoms with van der Waals surface area (Å²) in [6, 6.07) is 5.37. The Morgan fingerprint density at radius 1 is 1.53 bits per heavy atom. The summed E-state index contributed by atoms with van der Waals surface area (Å²) in [5.41, 5.74) is 2.04. The average molecular weight is 269 g/mol. The number of hydrogen-bond donors (Lipinski definition) is 0. The number of alkyl halides is 1. The number of aryl methyl sites for hydroxylation is 1. The molecule has 0 aliphatic rings. The molecular formula is C12H13BrO2. The second-order valence-electron chi connectivity index (χ2n) is 3.37. The molecule has 1 aromatic carbocycles. The summed E-state index contributed by atoms with van der Waals surface area (Å²) in [4.78, 5) is 22.3. The van der Waals surface area contributed by atoms with Gasteiger partial charge < -0.3 is 0 Å². The van der Waals surface area contributed by atoms with Gasteiger partial charge in [-0.3, -0.25) is 9.59 Å². The molecule has 1 unspecified atom stereocenters. The molecule has 0 N–H and O–H groups in total. The zero-order chi connectivity index (χ0) is 11.4. The quantitative estimate of drug-likeness (QED) is 0.478. The topological polar surface area (TPSA) is 34.1 Å². The van der Waals surface area contributed by atoms with Crippen molar-refractivity contribution in [3.8, 4) is 0 Å². The first-order valence-electron chi connectivity index (χ1n) is 4.86. The summed E-state index contributed by atoms with van der Waals surface area (Å²) < 4.78 is 0. The number of rotatable bonds is 4. The highest BCUT2D eigenvalue weighted by Gasteiger charge is 2.15. The lowest BCUT2D eigenvalue weighted by molar-refractivity contribution is 0.0989. The van der Waals surface area contributed by atoms with E-state index in [0.29, 0.717) is 11.1 Å². The summed E-state index contributed by atoms with van der Waals surface area (Å²) in [5, 5.41) is 0. The van der Waals surface area contributed by atoms with E-state index in [0.717, 1.165) is 18.3 Å². The maximum atomic E-state index is 11.8. The summed E-state index contributed by atoms with van der Waals surface area (Å²) in [6.07, 6.45) is 1.58. The Hall–Kier alpha value is -0.960. The predicted molar refractivity (Wildman–Crippen MR) is 63.9 cm³/mol. The van der Waals surface area contributed by atoms with Crippen LogP contribution < -0.4 is 0 Å². The summed E-state index contributed by atoms with van der Waals surface area (Å²) in [6.45, 7) is 3.78. The zero-order valence-corrected chi connectivity index (χ0v) is 10.4. The van der Waals surface area contributed by atoms with Crippen molar-refractivity contribution in [1.29, 1.82) is 0 Å². The monoisotopic (exact) mass is 268 g/mol. The van der Waals surface area contributed by atoms with Gasteiger partial charge in [0.05, 0.1) is 4.83 Å². The minimum absolute atomic E-state index is 0.0487. The summed E-state index contributed by atoms with van der Waals surface area (Å²) in [5.74, 6) is -0.0487. The van der Waals surface area contributed by atoms with Gasteiger partial charge in [0.1, 0.15) is 0 Å². The molecule has 2 nitrogen and oxygen atoms in total. The smallest absolute Gasteiger partial charge is 0.176 e. The Labute approximate surface area is 97.8 Å². The lowest BCUT2D eigenvalue weighted by Gasteiger charge is -2.07. The molecule has 0 heterocycles. The lowest BCUT2D eigenvalue weighted by Crippen LogP contribution is -2.13. The van der Waals surface area contributed by atoms with Gasteiger partial charge in [0.25, 0.3) is 0 Å². The molecule has 0 radical (unpaired) electrons. The number of hydrogen-bond acceptors (Lipinski definition) is 2. The number of halogens is 1. The molecule has 1 rings (SSSR count). The number of benzene rings is 1. The van der Waals surface area contributed by atoms with Crippen LogP contribution in [0.5, 0.6) is 0 Å². The van der Waals surface area contributed by atoms with E-state index in [4.69, 9.17) is 0 Å². The molecule has 3 heteroatoms. The summed E-state index contributed by atoms with van der Waals surface area (Å²) >= 11 is 3.22. The van der Waals surface area contributed by atoms with Crippen LogP contribution >= 0.6 is 15.9 Å². The van der Waals surface area contributed by atoms with Crippen LogP contribution in [0.15, 0.2) is 18.2 Å². The van der Waals surface area contributed by atoms with E-state index < -0.39 is 0 Å². The fourth-order valence-corrected chi connectivity index (χ4v) is 1.60. The molecule has 0 bridgehead atoms. The van der Waals surface area contributed by atoms with Crippen molar-refractivity contribution < 1.29 is 9.59 Å². The van der Waals surface area contributed by atoms with Gasteiger partial charge in [-0.2, -0.15) is 0 Å². The van der Waals surface area contributed by atoms with Crippen LogP contribution in [0.25, 0.3) is 0 Å². The van der Waals surface area contributed by atoms with E-state index >= 15 is 0 Å². The van der Waals surface area contributed by atoms with Gasteiger partial charge in [-0.05, 0) is 25.0 Å². The zero-order valence-electron chi connectivity index (χ0n) is 8.79. The first kappa shape index (κ1) is 12.1. The molecule has 1 atom stereocenters. The number of carbonyl (C=O) groups excluding carboxylic acids is 2. The van der Waals surface area contributed by atoms with Crippen molar-refractivity contribution in [3.05, 3.63) is 34.9 Å². The minimum atomic E-state index is -0.261. The van der Waals surface area contributed by atoms with Crippen LogP contribution in [0.3, 0.4) is 0 Å². The van der Waals surface area contributed by atoms with Crippen molar-refractivity contribution in [3.63, 3.8) is 0 Å². The Balaban J connectivity index is 3.23. The Kier molecular flexibility index (Phi) is 4.21. The molecule has 0 saturated heterocycles. The van der Waals surface area contributed by atoms with Gasteiger partial charge in [0, 0.05) is 11.1 Å². The minimum Gasteiger partial charge on any atom is -0.298 e. The largest absolute Gasteiger partial charge is 0.298 e. The van der Waals surface area contributed by atoms with Crippen molar-refractivity contribution in [2.24, 2.45) is 0 Å². The summed E-state index contributed by atoms with van der Waals surface area (Å²) in [7, 11) is 0. The van der Waals surface area contributed by atoms with Crippen molar-refractivity contribution in [2.45, 2.75) is 25.1 Å². The predicted octanol–water partition coefficient (Wildman–Crippen LogP) is 3.03. The maximum absolute atomic E-state index is 11.8. The van der Waals surface area contributed by atoms with E-state index in [2.05, 4.69) is 15.9 Å². The van der Waals surface area contributed by atoms with Crippen LogP contribution in [-0.2, 0) is 6.42 Å². The highest BCUT2D eigenvalue weighted by molar-refractivity contribution is 9.10. The van der Waals surface area contributed by atoms with E-state index in [1.54, 1.807) is 19.1 Å². The van der Waals surface area contributed by atoms with Crippen LogP contribution in [0.2, 0.25) is 0 Å². The highest BCUT2D eigenvalue weighted by Crippen LogP contribution is 2.16. The molecule has 0 saturated carbocycles. The first-order valence-corrected chi connectivity index (χ1v) is 5.78. The molecule has 0 aliphatic carbocycles. The van der Waals surface area contributed by atoms with Gasteiger partial charge in [-0.15, -0.1) is 0 Å². The molecule has 0 amide bonds. The number of Topliss-reactive ketones (excluding diaryl/α,β-unsaturated/α-hetero) is 1.